The number of unbranched alkanes of at least 4 members (excludes halogenated alkanes) is 1. The van der Waals surface area contributed by atoms with Crippen LogP contribution in [0, 0.1) is 5.41 Å². The van der Waals surface area contributed by atoms with E-state index in [2.05, 4.69) is 5.32 Å². The number of anilines is 1. The molecule has 1 aliphatic heterocycles. The van der Waals surface area contributed by atoms with Crippen LogP contribution in [-0.4, -0.2) is 29.4 Å². The van der Waals surface area contributed by atoms with Crippen molar-refractivity contribution < 1.29 is 23.3 Å². The molecule has 2 aromatic rings. The number of hydrogen-bond donors (Lipinski definition) is 1. The van der Waals surface area contributed by atoms with Crippen LogP contribution >= 0.6 is 23.6 Å². The second-order valence-electron chi connectivity index (χ2n) is 9.45. The summed E-state index contributed by atoms with van der Waals surface area (Å²) in [6.45, 7) is 9.82. The van der Waals surface area contributed by atoms with Gasteiger partial charge in [0.1, 0.15) is 5.75 Å². The van der Waals surface area contributed by atoms with Crippen molar-refractivity contribution in [3.05, 3.63) is 53.1 Å². The fraction of sp³-hybridized carbons (Fsp3) is 0.400. The van der Waals surface area contributed by atoms with Crippen molar-refractivity contribution in [3.8, 4) is 5.75 Å². The average molecular weight is 490 g/mol. The molecule has 1 aliphatic rings. The van der Waals surface area contributed by atoms with Gasteiger partial charge >= 0.3 is 5.91 Å². The van der Waals surface area contributed by atoms with E-state index in [-0.39, 0.29) is 11.8 Å². The molecule has 0 saturated heterocycles. The maximum atomic E-state index is 12.8. The van der Waals surface area contributed by atoms with E-state index in [9.17, 15) is 9.59 Å². The lowest BCUT2D eigenvalue weighted by atomic mass is 9.86. The minimum absolute atomic E-state index is 0.00988. The molecule has 0 radical (unpaired) electrons. The molecule has 0 bridgehead atoms. The number of hydroxylamine groups is 1. The summed E-state index contributed by atoms with van der Waals surface area (Å²) in [7, 11) is 0. The quantitative estimate of drug-likeness (QED) is 0.161. The topological polar surface area (TPSA) is 67.6 Å². The van der Waals surface area contributed by atoms with Gasteiger partial charge in [0, 0.05) is 17.1 Å². The molecule has 0 spiro atoms. The number of fused-ring (bicyclic) bond motifs is 1. The second-order valence-corrected chi connectivity index (χ2v) is 10.7. The molecule has 0 aromatic heterocycles. The molecule has 176 valence electrons. The first-order chi connectivity index (χ1) is 15.5. The van der Waals surface area contributed by atoms with Gasteiger partial charge in [0.15, 0.2) is 12.0 Å². The maximum absolute atomic E-state index is 12.8. The Bertz CT molecular complexity index is 1060. The third-order valence-electron chi connectivity index (χ3n) is 5.26. The Kier molecular flexibility index (Phi) is 7.75. The molecule has 0 fully saturated rings. The molecule has 2 aromatic carbocycles. The van der Waals surface area contributed by atoms with E-state index in [4.69, 9.17) is 20.6 Å². The number of ether oxygens (including phenoxy) is 1. The Morgan fingerprint density at radius 3 is 2.55 bits per heavy atom. The molecule has 33 heavy (non-hydrogen) atoms. The van der Waals surface area contributed by atoms with Crippen LogP contribution in [0.2, 0.25) is 5.02 Å². The first-order valence-corrected chi connectivity index (χ1v) is 12.0. The van der Waals surface area contributed by atoms with E-state index in [0.29, 0.717) is 24.5 Å². The Hall–Kier alpha value is -2.51. The third-order valence-corrected chi connectivity index (χ3v) is 6.21. The first-order valence-electron chi connectivity index (χ1n) is 10.8. The van der Waals surface area contributed by atoms with Crippen molar-refractivity contribution in [2.45, 2.75) is 57.8 Å². The van der Waals surface area contributed by atoms with Gasteiger partial charge in [-0.1, -0.05) is 11.6 Å². The van der Waals surface area contributed by atoms with Crippen molar-refractivity contribution in [2.75, 3.05) is 11.9 Å². The van der Waals surface area contributed by atoms with Gasteiger partial charge in [0.25, 0.3) is 0 Å². The zero-order chi connectivity index (χ0) is 24.2. The number of carbonyl (C=O) groups excluding carboxylic acids is 2. The Morgan fingerprint density at radius 2 is 1.88 bits per heavy atom. The first kappa shape index (κ1) is 25.1. The fourth-order valence-corrected chi connectivity index (χ4v) is 3.84. The monoisotopic (exact) mass is 489 g/mol. The Labute approximate surface area is 204 Å². The zero-order valence-corrected chi connectivity index (χ0v) is 21.2. The highest BCUT2D eigenvalue weighted by atomic mass is 35.5. The van der Waals surface area contributed by atoms with E-state index in [1.165, 1.54) is 4.74 Å². The molecule has 0 saturated carbocycles. The average Bonchev–Trinajstić information content (AvgIpc) is 2.98. The largest absolute Gasteiger partial charge is 0.494 e. The van der Waals surface area contributed by atoms with Crippen LogP contribution in [0.1, 0.15) is 53.0 Å². The summed E-state index contributed by atoms with van der Waals surface area (Å²) in [5.41, 5.74) is 0.606. The number of nitrogens with zero attached hydrogens (tertiary/aromatic N) is 1. The van der Waals surface area contributed by atoms with E-state index >= 15 is 0 Å². The van der Waals surface area contributed by atoms with Crippen molar-refractivity contribution in [1.82, 2.24) is 0 Å². The molecule has 0 aliphatic carbocycles. The molecular weight excluding hydrogens is 460 g/mol. The number of halogens is 1. The minimum Gasteiger partial charge on any atom is -0.494 e. The van der Waals surface area contributed by atoms with Gasteiger partial charge in [-0.2, -0.15) is 4.28 Å². The van der Waals surface area contributed by atoms with Crippen LogP contribution in [0.25, 0.3) is 0 Å². The highest BCUT2D eigenvalue weighted by Gasteiger charge is 2.38. The summed E-state index contributed by atoms with van der Waals surface area (Å²) in [4.78, 5) is 25.7. The summed E-state index contributed by atoms with van der Waals surface area (Å²) in [5.74, 6) is 0.572. The number of nitrogens with one attached hydrogen (secondary N) is 1. The molecule has 1 N–H and O–H groups in total. The van der Waals surface area contributed by atoms with Crippen LogP contribution in [0.15, 0.2) is 47.4 Å². The second kappa shape index (κ2) is 10.2. The summed E-state index contributed by atoms with van der Waals surface area (Å²) in [6, 6.07) is 12.9. The number of amides is 2. The molecule has 0 unspecified atom stereocenters. The highest BCUT2D eigenvalue weighted by Crippen LogP contribution is 2.39. The predicted octanol–water partition coefficient (Wildman–Crippen LogP) is 6.02. The summed E-state index contributed by atoms with van der Waals surface area (Å²) in [6.07, 6.45) is 3.04. The number of hydrogen-bond acceptors (Lipinski definition) is 5. The molecule has 3 rings (SSSR count). The van der Waals surface area contributed by atoms with Gasteiger partial charge in [-0.05, 0) is 89.1 Å². The van der Waals surface area contributed by atoms with Gasteiger partial charge in [-0.15, -0.1) is 0 Å². The smallest absolute Gasteiger partial charge is 0.440 e. The van der Waals surface area contributed by atoms with Gasteiger partial charge in [-0.25, -0.2) is 4.79 Å². The van der Waals surface area contributed by atoms with Crippen molar-refractivity contribution in [3.63, 3.8) is 0 Å². The van der Waals surface area contributed by atoms with Crippen LogP contribution in [-0.2, 0) is 19.3 Å². The molecular formula is C25H30ClN2O4S+. The third kappa shape index (κ3) is 6.30. The minimum atomic E-state index is -0.587. The SMILES string of the molecule is CC(C)(C)C(=O)[N+](=CCCCOc1ccc2c(c1)C(C)(C)C(=O)N2)OSc1ccc(Cl)cc1. The Balaban J connectivity index is 1.57. The maximum Gasteiger partial charge on any atom is 0.440 e. The molecule has 6 nitrogen and oxygen atoms in total. The van der Waals surface area contributed by atoms with E-state index < -0.39 is 10.8 Å². The lowest BCUT2D eigenvalue weighted by molar-refractivity contribution is -0.670. The van der Waals surface area contributed by atoms with Crippen molar-refractivity contribution in [1.29, 1.82) is 0 Å². The van der Waals surface area contributed by atoms with Crippen LogP contribution in [0.3, 0.4) is 0 Å². The van der Waals surface area contributed by atoms with E-state index in [0.717, 1.165) is 33.9 Å². The number of benzene rings is 2. The normalized spacial score (nSPS) is 15.1. The lowest BCUT2D eigenvalue weighted by Crippen LogP contribution is -2.32. The summed E-state index contributed by atoms with van der Waals surface area (Å²) in [5, 5.41) is 3.54. The standard InChI is InChI=1S/C25H29ClN2O4S/c1-24(2,3)23(30)28(32-33-19-11-8-17(26)9-12-19)14-6-7-15-31-18-10-13-21-20(16-18)25(4,5)22(29)27-21/h8-14,16H,6-7,15H2,1-5H3/p+1. The highest BCUT2D eigenvalue weighted by molar-refractivity contribution is 7.94. The fourth-order valence-electron chi connectivity index (χ4n) is 3.17. The van der Waals surface area contributed by atoms with Gasteiger partial charge in [-0.3, -0.25) is 4.79 Å². The van der Waals surface area contributed by atoms with Crippen LogP contribution < -0.4 is 10.1 Å². The predicted molar refractivity (Wildman–Crippen MR) is 132 cm³/mol. The van der Waals surface area contributed by atoms with E-state index in [1.54, 1.807) is 18.3 Å². The zero-order valence-electron chi connectivity index (χ0n) is 19.6. The van der Waals surface area contributed by atoms with Crippen LogP contribution in [0.4, 0.5) is 5.69 Å². The molecule has 8 heteroatoms. The van der Waals surface area contributed by atoms with E-state index in [1.807, 2.05) is 65.0 Å². The van der Waals surface area contributed by atoms with Gasteiger partial charge in [0.05, 0.1) is 27.1 Å². The lowest BCUT2D eigenvalue weighted by Gasteiger charge is -2.16. The number of rotatable bonds is 8. The van der Waals surface area contributed by atoms with Crippen molar-refractivity contribution in [2.24, 2.45) is 5.41 Å². The van der Waals surface area contributed by atoms with Gasteiger partial charge in [0.2, 0.25) is 12.1 Å². The van der Waals surface area contributed by atoms with Gasteiger partial charge < -0.3 is 10.1 Å². The molecule has 1 heterocycles. The summed E-state index contributed by atoms with van der Waals surface area (Å²) < 4.78 is 12.9. The van der Waals surface area contributed by atoms with Crippen molar-refractivity contribution >= 4 is 47.4 Å². The Morgan fingerprint density at radius 1 is 1.18 bits per heavy atom. The van der Waals surface area contributed by atoms with Crippen LogP contribution in [0.5, 0.6) is 5.75 Å². The molecule has 2 amide bonds. The summed E-state index contributed by atoms with van der Waals surface area (Å²) >= 11 is 7.03. The molecule has 0 atom stereocenters. The number of carbonyl (C=O) groups is 2.